The van der Waals surface area contributed by atoms with Crippen molar-refractivity contribution in [2.75, 3.05) is 26.2 Å². The van der Waals surface area contributed by atoms with Crippen molar-refractivity contribution in [2.24, 2.45) is 0 Å². The van der Waals surface area contributed by atoms with Gasteiger partial charge in [-0.25, -0.2) is 0 Å². The molecular weight excluding hydrogens is 234 g/mol. The molecule has 1 rings (SSSR count). The van der Waals surface area contributed by atoms with Gasteiger partial charge in [0.25, 0.3) is 0 Å². The van der Waals surface area contributed by atoms with Crippen LogP contribution in [0.15, 0.2) is 0 Å². The second-order valence-electron chi connectivity index (χ2n) is 4.37. The Kier molecular flexibility index (Phi) is 6.93. The molecule has 1 heterocycles. The minimum Gasteiger partial charge on any atom is -0.363 e. The van der Waals surface area contributed by atoms with E-state index in [-0.39, 0.29) is 5.91 Å². The lowest BCUT2D eigenvalue weighted by Crippen LogP contribution is -2.38. The quantitative estimate of drug-likeness (QED) is 0.555. The number of thiocarbonyl (C=S) groups is 1. The van der Waals surface area contributed by atoms with Crippen molar-refractivity contribution in [1.82, 2.24) is 15.5 Å². The molecule has 17 heavy (non-hydrogen) atoms. The number of nitrogens with one attached hydrogen (secondary N) is 2. The molecule has 5 heteroatoms. The van der Waals surface area contributed by atoms with Crippen molar-refractivity contribution in [3.63, 3.8) is 0 Å². The Bertz CT molecular complexity index is 252. The summed E-state index contributed by atoms with van der Waals surface area (Å²) in [6, 6.07) is 0. The van der Waals surface area contributed by atoms with Crippen LogP contribution in [0.1, 0.15) is 39.0 Å². The van der Waals surface area contributed by atoms with Crippen LogP contribution in [0, 0.1) is 0 Å². The zero-order valence-electron chi connectivity index (χ0n) is 10.6. The van der Waals surface area contributed by atoms with E-state index in [2.05, 4.69) is 17.6 Å². The molecule has 1 saturated heterocycles. The summed E-state index contributed by atoms with van der Waals surface area (Å²) in [4.78, 5) is 13.6. The fourth-order valence-corrected chi connectivity index (χ4v) is 2.05. The number of hydrogen-bond acceptors (Lipinski definition) is 2. The number of amides is 1. The van der Waals surface area contributed by atoms with Gasteiger partial charge in [0.1, 0.15) is 0 Å². The minimum atomic E-state index is 0.242. The molecule has 0 saturated carbocycles. The largest absolute Gasteiger partial charge is 0.363 e. The lowest BCUT2D eigenvalue weighted by atomic mass is 10.3. The highest BCUT2D eigenvalue weighted by molar-refractivity contribution is 7.80. The molecule has 4 nitrogen and oxygen atoms in total. The third kappa shape index (κ3) is 5.86. The normalized spacial score (nSPS) is 14.8. The van der Waals surface area contributed by atoms with Crippen molar-refractivity contribution in [3.8, 4) is 0 Å². The summed E-state index contributed by atoms with van der Waals surface area (Å²) in [7, 11) is 0. The van der Waals surface area contributed by atoms with Crippen LogP contribution in [0.3, 0.4) is 0 Å². The average Bonchev–Trinajstić information content (AvgIpc) is 2.82. The summed E-state index contributed by atoms with van der Waals surface area (Å²) < 4.78 is 0. The van der Waals surface area contributed by atoms with Crippen LogP contribution in [0.5, 0.6) is 0 Å². The number of hydrogen-bond donors (Lipinski definition) is 2. The molecule has 0 aromatic rings. The number of carbonyl (C=O) groups is 1. The van der Waals surface area contributed by atoms with Gasteiger partial charge >= 0.3 is 0 Å². The van der Waals surface area contributed by atoms with Crippen molar-refractivity contribution < 1.29 is 4.79 Å². The SMILES string of the molecule is CCCCNC(=S)NCCC(=O)N1CCCC1. The molecule has 1 fully saturated rings. The lowest BCUT2D eigenvalue weighted by molar-refractivity contribution is -0.129. The first-order valence-corrected chi connectivity index (χ1v) is 6.94. The Morgan fingerprint density at radius 3 is 2.53 bits per heavy atom. The van der Waals surface area contributed by atoms with Crippen LogP contribution < -0.4 is 10.6 Å². The maximum atomic E-state index is 11.7. The van der Waals surface area contributed by atoms with Gasteiger partial charge in [-0.05, 0) is 31.5 Å². The van der Waals surface area contributed by atoms with Crippen molar-refractivity contribution in [1.29, 1.82) is 0 Å². The molecule has 0 atom stereocenters. The topological polar surface area (TPSA) is 44.4 Å². The predicted octanol–water partition coefficient (Wildman–Crippen LogP) is 1.26. The van der Waals surface area contributed by atoms with Crippen molar-refractivity contribution in [3.05, 3.63) is 0 Å². The van der Waals surface area contributed by atoms with Gasteiger partial charge in [-0.1, -0.05) is 13.3 Å². The number of unbranched alkanes of at least 4 members (excludes halogenated alkanes) is 1. The van der Waals surface area contributed by atoms with Crippen LogP contribution >= 0.6 is 12.2 Å². The Hall–Kier alpha value is -0.840. The third-order valence-electron chi connectivity index (χ3n) is 2.90. The van der Waals surface area contributed by atoms with Gasteiger partial charge in [0.2, 0.25) is 5.91 Å². The minimum absolute atomic E-state index is 0.242. The zero-order chi connectivity index (χ0) is 12.5. The summed E-state index contributed by atoms with van der Waals surface area (Å²) in [5, 5.41) is 6.85. The van der Waals surface area contributed by atoms with E-state index >= 15 is 0 Å². The molecule has 0 spiro atoms. The first kappa shape index (κ1) is 14.2. The van der Waals surface area contributed by atoms with E-state index in [9.17, 15) is 4.79 Å². The molecule has 1 aliphatic heterocycles. The van der Waals surface area contributed by atoms with E-state index < -0.39 is 0 Å². The summed E-state index contributed by atoms with van der Waals surface area (Å²) >= 11 is 5.11. The van der Waals surface area contributed by atoms with Crippen molar-refractivity contribution >= 4 is 23.2 Å². The van der Waals surface area contributed by atoms with E-state index in [0.29, 0.717) is 18.1 Å². The van der Waals surface area contributed by atoms with Crippen LogP contribution in [-0.2, 0) is 4.79 Å². The molecule has 0 radical (unpaired) electrons. The molecule has 98 valence electrons. The average molecular weight is 257 g/mol. The highest BCUT2D eigenvalue weighted by Crippen LogP contribution is 2.08. The number of nitrogens with zero attached hydrogens (tertiary/aromatic N) is 1. The lowest BCUT2D eigenvalue weighted by Gasteiger charge is -2.15. The maximum absolute atomic E-state index is 11.7. The highest BCUT2D eigenvalue weighted by Gasteiger charge is 2.16. The van der Waals surface area contributed by atoms with Crippen molar-refractivity contribution in [2.45, 2.75) is 39.0 Å². The Balaban J connectivity index is 2.02. The van der Waals surface area contributed by atoms with Crippen LogP contribution in [0.25, 0.3) is 0 Å². The molecule has 1 amide bonds. The summed E-state index contributed by atoms with van der Waals surface area (Å²) in [6.07, 6.45) is 5.11. The van der Waals surface area contributed by atoms with Gasteiger partial charge in [-0.2, -0.15) is 0 Å². The first-order chi connectivity index (χ1) is 8.24. The van der Waals surface area contributed by atoms with Gasteiger partial charge in [-0.15, -0.1) is 0 Å². The number of carbonyl (C=O) groups excluding carboxylic acids is 1. The van der Waals surface area contributed by atoms with Crippen LogP contribution in [-0.4, -0.2) is 42.1 Å². The number of likely N-dealkylation sites (tertiary alicyclic amines) is 1. The van der Waals surface area contributed by atoms with Crippen LogP contribution in [0.4, 0.5) is 0 Å². The van der Waals surface area contributed by atoms with E-state index in [1.54, 1.807) is 0 Å². The first-order valence-electron chi connectivity index (χ1n) is 6.53. The monoisotopic (exact) mass is 257 g/mol. The molecule has 0 aromatic carbocycles. The Morgan fingerprint density at radius 1 is 1.24 bits per heavy atom. The van der Waals surface area contributed by atoms with Crippen LogP contribution in [0.2, 0.25) is 0 Å². The molecule has 2 N–H and O–H groups in total. The fraction of sp³-hybridized carbons (Fsp3) is 0.833. The second-order valence-corrected chi connectivity index (χ2v) is 4.78. The van der Waals surface area contributed by atoms with E-state index in [1.807, 2.05) is 4.90 Å². The summed E-state index contributed by atoms with van der Waals surface area (Å²) in [6.45, 7) is 5.54. The second kappa shape index (κ2) is 8.28. The van der Waals surface area contributed by atoms with Gasteiger partial charge in [0.15, 0.2) is 5.11 Å². The fourth-order valence-electron chi connectivity index (χ4n) is 1.85. The van der Waals surface area contributed by atoms with Gasteiger partial charge < -0.3 is 15.5 Å². The van der Waals surface area contributed by atoms with E-state index in [0.717, 1.165) is 45.3 Å². The highest BCUT2D eigenvalue weighted by atomic mass is 32.1. The van der Waals surface area contributed by atoms with Gasteiger partial charge in [-0.3, -0.25) is 4.79 Å². The maximum Gasteiger partial charge on any atom is 0.224 e. The molecular formula is C12H23N3OS. The molecule has 0 aromatic heterocycles. The summed E-state index contributed by atoms with van der Waals surface area (Å²) in [5.74, 6) is 0.242. The third-order valence-corrected chi connectivity index (χ3v) is 3.19. The summed E-state index contributed by atoms with van der Waals surface area (Å²) in [5.41, 5.74) is 0. The smallest absolute Gasteiger partial charge is 0.224 e. The number of rotatable bonds is 6. The van der Waals surface area contributed by atoms with E-state index in [4.69, 9.17) is 12.2 Å². The molecule has 0 bridgehead atoms. The van der Waals surface area contributed by atoms with E-state index in [1.165, 1.54) is 0 Å². The molecule has 1 aliphatic rings. The van der Waals surface area contributed by atoms with Gasteiger partial charge in [0.05, 0.1) is 0 Å². The van der Waals surface area contributed by atoms with Gasteiger partial charge in [0, 0.05) is 32.6 Å². The zero-order valence-corrected chi connectivity index (χ0v) is 11.4. The standard InChI is InChI=1S/C12H23N3OS/c1-2-3-7-13-12(17)14-8-6-11(16)15-9-4-5-10-15/h2-10H2,1H3,(H2,13,14,17). The Morgan fingerprint density at radius 2 is 1.88 bits per heavy atom. The molecule has 0 aliphatic carbocycles. The Labute approximate surface area is 109 Å². The molecule has 0 unspecified atom stereocenters. The predicted molar refractivity (Wildman–Crippen MR) is 73.9 cm³/mol.